The first-order valence-electron chi connectivity index (χ1n) is 9.17. The van der Waals surface area contributed by atoms with Crippen molar-refractivity contribution in [1.29, 1.82) is 0 Å². The summed E-state index contributed by atoms with van der Waals surface area (Å²) in [6.07, 6.45) is 4.92. The van der Waals surface area contributed by atoms with Gasteiger partial charge in [0.25, 0.3) is 0 Å². The molecule has 0 aliphatic rings. The second-order valence-electron chi connectivity index (χ2n) is 6.68. The minimum absolute atomic E-state index is 0.293. The van der Waals surface area contributed by atoms with Gasteiger partial charge in [0.15, 0.2) is 0 Å². The molecule has 0 unspecified atom stereocenters. The van der Waals surface area contributed by atoms with E-state index in [9.17, 15) is 12.8 Å². The molecule has 0 saturated heterocycles. The van der Waals surface area contributed by atoms with E-state index in [0.29, 0.717) is 11.3 Å². The van der Waals surface area contributed by atoms with E-state index in [0.717, 1.165) is 38.5 Å². The van der Waals surface area contributed by atoms with Gasteiger partial charge in [0, 0.05) is 0 Å². The van der Waals surface area contributed by atoms with Crippen LogP contribution in [0.15, 0.2) is 62.5 Å². The number of sulfone groups is 1. The quantitative estimate of drug-likeness (QED) is 0.232. The maximum absolute atomic E-state index is 13.4. The molecule has 7 heteroatoms. The number of rotatable bonds is 9. The Morgan fingerprint density at radius 2 is 1.61 bits per heavy atom. The van der Waals surface area contributed by atoms with Crippen molar-refractivity contribution in [2.24, 2.45) is 0 Å². The summed E-state index contributed by atoms with van der Waals surface area (Å²) < 4.78 is 41.2. The molecule has 0 radical (unpaired) electrons. The van der Waals surface area contributed by atoms with E-state index in [4.69, 9.17) is 0 Å². The Hall–Kier alpha value is -0.190. The molecule has 0 heterocycles. The number of benzene rings is 2. The molecule has 28 heavy (non-hydrogen) atoms. The van der Waals surface area contributed by atoms with Crippen LogP contribution in [0, 0.1) is 12.7 Å². The molecule has 154 valence electrons. The zero-order valence-electron chi connectivity index (χ0n) is 16.0. The number of hydrogen-bond donors (Lipinski definition) is 0. The van der Waals surface area contributed by atoms with E-state index in [2.05, 4.69) is 32.4 Å². The van der Waals surface area contributed by atoms with Crippen LogP contribution in [0.5, 0.6) is 0 Å². The van der Waals surface area contributed by atoms with Crippen molar-refractivity contribution < 1.29 is 12.8 Å². The third kappa shape index (κ3) is 6.67. The van der Waals surface area contributed by atoms with Gasteiger partial charge in [-0.05, 0) is 0 Å². The summed E-state index contributed by atoms with van der Waals surface area (Å²) in [6, 6.07) is 13.2. The summed E-state index contributed by atoms with van der Waals surface area (Å²) in [7, 11) is -3.57. The van der Waals surface area contributed by atoms with Crippen LogP contribution in [0.1, 0.15) is 44.6 Å². The van der Waals surface area contributed by atoms with Crippen molar-refractivity contribution in [1.82, 2.24) is 0 Å². The van der Waals surface area contributed by atoms with Gasteiger partial charge in [0.2, 0.25) is 0 Å². The molecule has 2 aromatic rings. The first kappa shape index (κ1) is 24.1. The van der Waals surface area contributed by atoms with E-state index < -0.39 is 23.6 Å². The summed E-state index contributed by atoms with van der Waals surface area (Å²) in [6.45, 7) is 4.08. The fourth-order valence-corrected chi connectivity index (χ4v) is 17.6. The van der Waals surface area contributed by atoms with Gasteiger partial charge in [-0.15, -0.1) is 0 Å². The molecule has 0 atom stereocenters. The molecule has 0 amide bonds. The van der Waals surface area contributed by atoms with Crippen molar-refractivity contribution in [3.8, 4) is 0 Å². The molecule has 2 nitrogen and oxygen atoms in total. The van der Waals surface area contributed by atoms with Crippen LogP contribution >= 0.6 is 25.5 Å². The van der Waals surface area contributed by atoms with Crippen molar-refractivity contribution in [2.45, 2.75) is 50.8 Å². The van der Waals surface area contributed by atoms with Crippen molar-refractivity contribution in [2.75, 3.05) is 0 Å². The van der Waals surface area contributed by atoms with Gasteiger partial charge in [-0.25, -0.2) is 0 Å². The molecule has 0 aliphatic heterocycles. The average Bonchev–Trinajstić information content (AvgIpc) is 2.65. The Labute approximate surface area is 183 Å². The van der Waals surface area contributed by atoms with Crippen LogP contribution in [-0.4, -0.2) is 22.2 Å². The van der Waals surface area contributed by atoms with Crippen molar-refractivity contribution >= 4 is 52.7 Å². The van der Waals surface area contributed by atoms with E-state index >= 15 is 0 Å². The first-order valence-corrected chi connectivity index (χ1v) is 23.5. The zero-order chi connectivity index (χ0) is 20.8. The van der Waals surface area contributed by atoms with E-state index in [-0.39, 0.29) is 5.82 Å². The van der Waals surface area contributed by atoms with Gasteiger partial charge in [-0.3, -0.25) is 0 Å². The molecule has 0 aliphatic carbocycles. The second kappa shape index (κ2) is 10.7. The number of aryl methyl sites for hydroxylation is 1. The molecule has 0 spiro atoms. The molecule has 0 aromatic heterocycles. The van der Waals surface area contributed by atoms with Crippen LogP contribution in [0.25, 0.3) is 0 Å². The van der Waals surface area contributed by atoms with Gasteiger partial charge in [0.1, 0.15) is 0 Å². The fraction of sp³-hybridized carbons (Fsp3) is 0.333. The van der Waals surface area contributed by atoms with Gasteiger partial charge in [-0.1, -0.05) is 0 Å². The normalized spacial score (nSPS) is 13.5. The molecule has 2 aromatic carbocycles. The summed E-state index contributed by atoms with van der Waals surface area (Å²) in [4.78, 5) is 0.293. The SMILES string of the molecule is CCCCCC/C(=C\S(=O)(=O)c1ccc(C)cc1)[Te](Br)(Br)c1ccc(F)cc1. The predicted molar refractivity (Wildman–Crippen MR) is 125 cm³/mol. The molecule has 0 N–H and O–H groups in total. The molecular formula is C21H25Br2FO2STe. The van der Waals surface area contributed by atoms with Gasteiger partial charge in [-0.2, -0.15) is 0 Å². The van der Waals surface area contributed by atoms with E-state index in [1.165, 1.54) is 17.5 Å². The zero-order valence-corrected chi connectivity index (χ0v) is 22.3. The third-order valence-corrected chi connectivity index (χ3v) is 22.2. The first-order chi connectivity index (χ1) is 13.2. The number of unbranched alkanes of at least 4 members (excludes halogenated alkanes) is 3. The topological polar surface area (TPSA) is 34.1 Å². The molecule has 0 saturated carbocycles. The van der Waals surface area contributed by atoms with Crippen LogP contribution in [0.2, 0.25) is 0 Å². The third-order valence-electron chi connectivity index (χ3n) is 4.35. The van der Waals surface area contributed by atoms with Crippen LogP contribution < -0.4 is 3.61 Å². The Balaban J connectivity index is 2.43. The summed E-state index contributed by atoms with van der Waals surface area (Å²) >= 11 is 4.44. The standard InChI is InChI=1S/C21H25Br2FO2STe/c1-3-4-5-6-7-21(28(22,23)20-14-10-18(24)11-15-20)16-27(25,26)19-12-8-17(2)9-13-19/h8-16H,3-7H2,1-2H3/b21-16+. The van der Waals surface area contributed by atoms with E-state index in [1.54, 1.807) is 36.4 Å². The van der Waals surface area contributed by atoms with Gasteiger partial charge >= 0.3 is 185 Å². The summed E-state index contributed by atoms with van der Waals surface area (Å²) in [5, 5.41) is 1.43. The van der Waals surface area contributed by atoms with Crippen LogP contribution in [0.3, 0.4) is 0 Å². The Kier molecular flexibility index (Phi) is 9.22. The molecule has 2 rings (SSSR count). The number of allylic oxidation sites excluding steroid dienone is 1. The maximum atomic E-state index is 13.4. The molecule has 0 fully saturated rings. The van der Waals surface area contributed by atoms with Crippen LogP contribution in [0.4, 0.5) is 4.39 Å². The van der Waals surface area contributed by atoms with Gasteiger partial charge in [0.05, 0.1) is 0 Å². The fourth-order valence-electron chi connectivity index (χ4n) is 2.70. The Morgan fingerprint density at radius 1 is 1.00 bits per heavy atom. The molecular weight excluding hydrogens is 623 g/mol. The monoisotopic (exact) mass is 648 g/mol. The molecule has 0 bridgehead atoms. The van der Waals surface area contributed by atoms with Gasteiger partial charge < -0.3 is 0 Å². The predicted octanol–water partition coefficient (Wildman–Crippen LogP) is 6.44. The summed E-state index contributed by atoms with van der Waals surface area (Å²) in [5.41, 5.74) is 1.02. The summed E-state index contributed by atoms with van der Waals surface area (Å²) in [5.74, 6) is -0.303. The second-order valence-corrected chi connectivity index (χ2v) is 32.9. The number of halogens is 3. The Morgan fingerprint density at radius 3 is 2.18 bits per heavy atom. The number of hydrogen-bond acceptors (Lipinski definition) is 2. The van der Waals surface area contributed by atoms with Crippen LogP contribution in [-0.2, 0) is 9.84 Å². The van der Waals surface area contributed by atoms with E-state index in [1.807, 2.05) is 6.92 Å². The van der Waals surface area contributed by atoms with Crippen molar-refractivity contribution in [3.05, 3.63) is 68.9 Å². The average molecular weight is 648 g/mol. The Bertz CT molecular complexity index is 908. The minimum atomic E-state index is -3.57. The van der Waals surface area contributed by atoms with Crippen molar-refractivity contribution in [3.63, 3.8) is 0 Å².